The third kappa shape index (κ3) is 3.44. The number of nitrogens with zero attached hydrogens (tertiary/aromatic N) is 1. The van der Waals surface area contributed by atoms with Gasteiger partial charge in [0.1, 0.15) is 0 Å². The maximum absolute atomic E-state index is 12.7. The van der Waals surface area contributed by atoms with Crippen LogP contribution in [0.15, 0.2) is 23.1 Å². The third-order valence-electron chi connectivity index (χ3n) is 4.07. The number of nitrogens with two attached hydrogens (primary N) is 1. The van der Waals surface area contributed by atoms with Crippen LogP contribution in [0.5, 0.6) is 0 Å². The van der Waals surface area contributed by atoms with Crippen LogP contribution in [0.1, 0.15) is 42.6 Å². The van der Waals surface area contributed by atoms with Crippen LogP contribution in [-0.4, -0.2) is 31.8 Å². The van der Waals surface area contributed by atoms with E-state index in [1.54, 1.807) is 17.0 Å². The summed E-state index contributed by atoms with van der Waals surface area (Å²) in [4.78, 5) is 14.4. The molecule has 2 atom stereocenters. The minimum Gasteiger partial charge on any atom is -0.336 e. The van der Waals surface area contributed by atoms with Gasteiger partial charge < -0.3 is 4.90 Å². The van der Waals surface area contributed by atoms with Crippen LogP contribution in [0.2, 0.25) is 0 Å². The van der Waals surface area contributed by atoms with Crippen molar-refractivity contribution in [1.29, 1.82) is 0 Å². The van der Waals surface area contributed by atoms with Crippen LogP contribution in [0, 0.1) is 12.8 Å². The molecule has 0 aromatic heterocycles. The van der Waals surface area contributed by atoms with E-state index in [0.717, 1.165) is 18.4 Å². The van der Waals surface area contributed by atoms with Crippen molar-refractivity contribution in [3.05, 3.63) is 29.3 Å². The predicted molar refractivity (Wildman–Crippen MR) is 81.4 cm³/mol. The molecule has 0 aliphatic carbocycles. The molecule has 1 aromatic rings. The molecule has 0 spiro atoms. The van der Waals surface area contributed by atoms with Crippen molar-refractivity contribution in [1.82, 2.24) is 4.90 Å². The van der Waals surface area contributed by atoms with E-state index in [1.807, 2.05) is 13.8 Å². The van der Waals surface area contributed by atoms with Gasteiger partial charge in [-0.25, -0.2) is 13.6 Å². The SMILES string of the molecule is Cc1ccc(S(N)(=O)=O)c(C(=O)N2CCC(C)CC2C)c1. The summed E-state index contributed by atoms with van der Waals surface area (Å²) in [7, 11) is -3.91. The van der Waals surface area contributed by atoms with E-state index in [1.165, 1.54) is 6.07 Å². The Kier molecular flexibility index (Phi) is 4.39. The van der Waals surface area contributed by atoms with Crippen LogP contribution in [0.4, 0.5) is 0 Å². The maximum Gasteiger partial charge on any atom is 0.255 e. The van der Waals surface area contributed by atoms with Crippen molar-refractivity contribution in [2.24, 2.45) is 11.1 Å². The fraction of sp³-hybridized carbons (Fsp3) is 0.533. The van der Waals surface area contributed by atoms with E-state index in [2.05, 4.69) is 6.92 Å². The molecule has 6 heteroatoms. The summed E-state index contributed by atoms with van der Waals surface area (Å²) in [6.07, 6.45) is 1.87. The lowest BCUT2D eigenvalue weighted by Crippen LogP contribution is -2.44. The van der Waals surface area contributed by atoms with Crippen LogP contribution in [0.3, 0.4) is 0 Å². The van der Waals surface area contributed by atoms with Crippen molar-refractivity contribution < 1.29 is 13.2 Å². The summed E-state index contributed by atoms with van der Waals surface area (Å²) < 4.78 is 23.4. The highest BCUT2D eigenvalue weighted by atomic mass is 32.2. The number of primary sulfonamides is 1. The fourth-order valence-electron chi connectivity index (χ4n) is 2.92. The van der Waals surface area contributed by atoms with Gasteiger partial charge in [0.2, 0.25) is 10.0 Å². The molecule has 1 saturated heterocycles. The molecule has 1 aliphatic rings. The molecular formula is C15H22N2O3S. The standard InChI is InChI=1S/C15H22N2O3S/c1-10-4-5-14(21(16,19)20)13(9-10)15(18)17-7-6-11(2)8-12(17)3/h4-5,9,11-12H,6-8H2,1-3H3,(H2,16,19,20). The van der Waals surface area contributed by atoms with Crippen LogP contribution in [0.25, 0.3) is 0 Å². The third-order valence-corrected chi connectivity index (χ3v) is 5.04. The summed E-state index contributed by atoms with van der Waals surface area (Å²) in [6, 6.07) is 4.77. The van der Waals surface area contributed by atoms with Crippen LogP contribution < -0.4 is 5.14 Å². The minimum atomic E-state index is -3.91. The Labute approximate surface area is 126 Å². The Morgan fingerprint density at radius 1 is 1.33 bits per heavy atom. The molecule has 0 radical (unpaired) electrons. The van der Waals surface area contributed by atoms with E-state index >= 15 is 0 Å². The number of hydrogen-bond donors (Lipinski definition) is 1. The van der Waals surface area contributed by atoms with Crippen LogP contribution >= 0.6 is 0 Å². The number of aryl methyl sites for hydroxylation is 1. The summed E-state index contributed by atoms with van der Waals surface area (Å²) in [6.45, 7) is 6.64. The lowest BCUT2D eigenvalue weighted by molar-refractivity contribution is 0.0584. The number of benzene rings is 1. The van der Waals surface area contributed by atoms with E-state index in [0.29, 0.717) is 12.5 Å². The van der Waals surface area contributed by atoms with Gasteiger partial charge in [-0.15, -0.1) is 0 Å². The smallest absolute Gasteiger partial charge is 0.255 e. The molecular weight excluding hydrogens is 288 g/mol. The van der Waals surface area contributed by atoms with Crippen molar-refractivity contribution in [2.45, 2.75) is 44.6 Å². The van der Waals surface area contributed by atoms with E-state index in [9.17, 15) is 13.2 Å². The highest BCUT2D eigenvalue weighted by Gasteiger charge is 2.30. The highest BCUT2D eigenvalue weighted by molar-refractivity contribution is 7.89. The topological polar surface area (TPSA) is 80.5 Å². The molecule has 1 aliphatic heterocycles. The Morgan fingerprint density at radius 3 is 2.57 bits per heavy atom. The Morgan fingerprint density at radius 2 is 2.00 bits per heavy atom. The molecule has 2 rings (SSSR count). The van der Waals surface area contributed by atoms with E-state index < -0.39 is 10.0 Å². The molecule has 0 saturated carbocycles. The van der Waals surface area contributed by atoms with E-state index in [-0.39, 0.29) is 22.4 Å². The molecule has 21 heavy (non-hydrogen) atoms. The van der Waals surface area contributed by atoms with E-state index in [4.69, 9.17) is 5.14 Å². The average Bonchev–Trinajstić information content (AvgIpc) is 2.36. The number of piperidine rings is 1. The van der Waals surface area contributed by atoms with Crippen molar-refractivity contribution in [3.63, 3.8) is 0 Å². The van der Waals surface area contributed by atoms with Gasteiger partial charge in [0.15, 0.2) is 0 Å². The van der Waals surface area contributed by atoms with Crippen molar-refractivity contribution >= 4 is 15.9 Å². The zero-order chi connectivity index (χ0) is 15.8. The summed E-state index contributed by atoms with van der Waals surface area (Å²) in [5.74, 6) is 0.335. The summed E-state index contributed by atoms with van der Waals surface area (Å²) in [5.41, 5.74) is 1.02. The normalized spacial score (nSPS) is 23.1. The Hall–Kier alpha value is -1.40. The second-order valence-electron chi connectivity index (χ2n) is 6.02. The van der Waals surface area contributed by atoms with Gasteiger partial charge in [-0.05, 0) is 44.7 Å². The zero-order valence-corrected chi connectivity index (χ0v) is 13.5. The Balaban J connectivity index is 2.41. The lowest BCUT2D eigenvalue weighted by atomic mass is 9.93. The predicted octanol–water partition coefficient (Wildman–Crippen LogP) is 1.90. The van der Waals surface area contributed by atoms with Gasteiger partial charge in [-0.3, -0.25) is 4.79 Å². The first-order valence-corrected chi connectivity index (χ1v) is 8.69. The maximum atomic E-state index is 12.7. The van der Waals surface area contributed by atoms with Gasteiger partial charge in [0, 0.05) is 12.6 Å². The number of carbonyl (C=O) groups is 1. The molecule has 1 amide bonds. The first-order valence-electron chi connectivity index (χ1n) is 7.14. The highest BCUT2D eigenvalue weighted by Crippen LogP contribution is 2.26. The summed E-state index contributed by atoms with van der Waals surface area (Å²) >= 11 is 0. The quantitative estimate of drug-likeness (QED) is 0.906. The molecule has 1 heterocycles. The second-order valence-corrected chi connectivity index (χ2v) is 7.55. The number of rotatable bonds is 2. The number of likely N-dealkylation sites (tertiary alicyclic amines) is 1. The van der Waals surface area contributed by atoms with Gasteiger partial charge in [-0.1, -0.05) is 18.6 Å². The molecule has 1 fully saturated rings. The number of carbonyl (C=O) groups excluding carboxylic acids is 1. The molecule has 2 unspecified atom stereocenters. The van der Waals surface area contributed by atoms with Gasteiger partial charge in [-0.2, -0.15) is 0 Å². The first-order chi connectivity index (χ1) is 9.70. The number of hydrogen-bond acceptors (Lipinski definition) is 3. The molecule has 0 bridgehead atoms. The molecule has 5 nitrogen and oxygen atoms in total. The number of sulfonamides is 1. The number of amides is 1. The average molecular weight is 310 g/mol. The monoisotopic (exact) mass is 310 g/mol. The summed E-state index contributed by atoms with van der Waals surface area (Å²) in [5, 5.41) is 5.23. The van der Waals surface area contributed by atoms with Crippen LogP contribution in [-0.2, 0) is 10.0 Å². The Bertz CT molecular complexity index is 655. The molecule has 1 aromatic carbocycles. The van der Waals surface area contributed by atoms with Gasteiger partial charge in [0.25, 0.3) is 5.91 Å². The fourth-order valence-corrected chi connectivity index (χ4v) is 3.63. The van der Waals surface area contributed by atoms with Gasteiger partial charge in [0.05, 0.1) is 10.5 Å². The van der Waals surface area contributed by atoms with Crippen molar-refractivity contribution in [3.8, 4) is 0 Å². The second kappa shape index (κ2) is 5.77. The first kappa shape index (κ1) is 16.0. The molecule has 2 N–H and O–H groups in total. The molecule has 116 valence electrons. The lowest BCUT2D eigenvalue weighted by Gasteiger charge is -2.36. The van der Waals surface area contributed by atoms with Gasteiger partial charge >= 0.3 is 0 Å². The zero-order valence-electron chi connectivity index (χ0n) is 12.7. The van der Waals surface area contributed by atoms with Crippen molar-refractivity contribution in [2.75, 3.05) is 6.54 Å². The minimum absolute atomic E-state index is 0.0936. The largest absolute Gasteiger partial charge is 0.336 e.